The molecule has 0 radical (unpaired) electrons. The normalized spacial score (nSPS) is 20.8. The number of alkyl halides is 6. The van der Waals surface area contributed by atoms with Crippen LogP contribution >= 0.6 is 0 Å². The summed E-state index contributed by atoms with van der Waals surface area (Å²) in [4.78, 5) is 31.3. The lowest BCUT2D eigenvalue weighted by Crippen LogP contribution is -2.40. The van der Waals surface area contributed by atoms with Gasteiger partial charge in [-0.2, -0.15) is 31.4 Å². The standard InChI is InChI=1S/C28H30F6N6O4/c29-27(30,31)20-13-39(26(43)37-20)12-14-1-6-19-17(11-14)36-25(44-19)23(22(15-2-3-15)16-4-5-16)38-24(42)18-7-9-35-40(18)10-8-21(41)28(32,33)34/h1,6-7,9,11,15-16,20-23,41H,2-5,8,10,12-13H2,(H,37,43)(H,38,42)/t20?,21-,23?/m0/s1. The van der Waals surface area contributed by atoms with Crippen molar-refractivity contribution in [1.82, 2.24) is 30.3 Å². The van der Waals surface area contributed by atoms with Gasteiger partial charge in [-0.15, -0.1) is 0 Å². The Bertz CT molecular complexity index is 1520. The molecule has 1 aromatic carbocycles. The summed E-state index contributed by atoms with van der Waals surface area (Å²) >= 11 is 0. The van der Waals surface area contributed by atoms with Crippen LogP contribution in [0, 0.1) is 17.8 Å². The van der Waals surface area contributed by atoms with Crippen LogP contribution < -0.4 is 10.6 Å². The number of aryl methyl sites for hydroxylation is 1. The molecular weight excluding hydrogens is 598 g/mol. The predicted molar refractivity (Wildman–Crippen MR) is 141 cm³/mol. The van der Waals surface area contributed by atoms with Crippen molar-refractivity contribution in [2.24, 2.45) is 17.8 Å². The van der Waals surface area contributed by atoms with E-state index in [-0.39, 0.29) is 30.6 Å². The van der Waals surface area contributed by atoms with E-state index in [2.05, 4.69) is 15.4 Å². The molecule has 2 aromatic heterocycles. The first-order valence-electron chi connectivity index (χ1n) is 14.4. The molecule has 0 bridgehead atoms. The summed E-state index contributed by atoms with van der Waals surface area (Å²) in [7, 11) is 0. The van der Waals surface area contributed by atoms with E-state index in [1.807, 2.05) is 5.32 Å². The SMILES string of the molecule is O=C(NC(c1nc2cc(CN3CC(C(F)(F)F)NC3=O)ccc2o1)C(C1CC1)C1CC1)c1ccnn1CC[C@H](O)C(F)(F)F. The number of nitrogens with one attached hydrogen (secondary N) is 2. The van der Waals surface area contributed by atoms with Crippen molar-refractivity contribution in [1.29, 1.82) is 0 Å². The Balaban J connectivity index is 1.22. The Morgan fingerprint density at radius 3 is 2.43 bits per heavy atom. The van der Waals surface area contributed by atoms with Crippen LogP contribution in [0.1, 0.15) is 60.1 Å². The summed E-state index contributed by atoms with van der Waals surface area (Å²) in [5.41, 5.74) is 1.36. The molecule has 16 heteroatoms. The number of oxazole rings is 1. The monoisotopic (exact) mass is 628 g/mol. The van der Waals surface area contributed by atoms with E-state index in [1.165, 1.54) is 12.3 Å². The molecule has 1 aliphatic heterocycles. The second-order valence-electron chi connectivity index (χ2n) is 11.8. The van der Waals surface area contributed by atoms with Crippen LogP contribution in [0.15, 0.2) is 34.9 Å². The molecule has 2 saturated carbocycles. The highest BCUT2D eigenvalue weighted by atomic mass is 19.4. The summed E-state index contributed by atoms with van der Waals surface area (Å²) in [5.74, 6) is 0.342. The highest BCUT2D eigenvalue weighted by Crippen LogP contribution is 2.54. The first-order valence-corrected chi connectivity index (χ1v) is 14.4. The number of rotatable bonds is 11. The molecule has 238 valence electrons. The third-order valence-electron chi connectivity index (χ3n) is 8.44. The van der Waals surface area contributed by atoms with Gasteiger partial charge in [0.25, 0.3) is 5.91 Å². The molecule has 3 N–H and O–H groups in total. The number of hydrogen-bond acceptors (Lipinski definition) is 6. The van der Waals surface area contributed by atoms with E-state index >= 15 is 0 Å². The molecule has 3 fully saturated rings. The maximum atomic E-state index is 13.5. The molecule has 3 atom stereocenters. The molecular formula is C28H30F6N6O4. The van der Waals surface area contributed by atoms with Gasteiger partial charge in [0.15, 0.2) is 11.7 Å². The van der Waals surface area contributed by atoms with Crippen molar-refractivity contribution < 1.29 is 45.5 Å². The molecule has 2 aliphatic carbocycles. The van der Waals surface area contributed by atoms with Crippen LogP contribution in [-0.4, -0.2) is 67.8 Å². The molecule has 2 unspecified atom stereocenters. The van der Waals surface area contributed by atoms with Crippen molar-refractivity contribution in [2.45, 2.75) is 75.7 Å². The third-order valence-corrected chi connectivity index (χ3v) is 8.44. The minimum atomic E-state index is -4.79. The Morgan fingerprint density at radius 1 is 1.11 bits per heavy atom. The van der Waals surface area contributed by atoms with Crippen molar-refractivity contribution in [3.05, 3.63) is 47.6 Å². The van der Waals surface area contributed by atoms with Gasteiger partial charge in [0.05, 0.1) is 6.54 Å². The molecule has 3 amide bonds. The zero-order valence-corrected chi connectivity index (χ0v) is 23.2. The van der Waals surface area contributed by atoms with Crippen LogP contribution in [0.2, 0.25) is 0 Å². The second kappa shape index (κ2) is 11.3. The van der Waals surface area contributed by atoms with Gasteiger partial charge in [-0.05, 0) is 67.2 Å². The molecule has 1 saturated heterocycles. The molecule has 3 heterocycles. The first-order chi connectivity index (χ1) is 20.8. The topological polar surface area (TPSA) is 126 Å². The predicted octanol–water partition coefficient (Wildman–Crippen LogP) is 4.70. The first kappa shape index (κ1) is 30.2. The molecule has 10 nitrogen and oxygen atoms in total. The number of nitrogens with zero attached hydrogens (tertiary/aromatic N) is 4. The number of carbonyl (C=O) groups is 2. The van der Waals surface area contributed by atoms with Crippen LogP contribution in [0.25, 0.3) is 11.1 Å². The van der Waals surface area contributed by atoms with Crippen LogP contribution in [0.4, 0.5) is 31.1 Å². The number of benzene rings is 1. The van der Waals surface area contributed by atoms with E-state index in [0.29, 0.717) is 28.5 Å². The molecule has 6 rings (SSSR count). The largest absolute Gasteiger partial charge is 0.438 e. The molecule has 0 spiro atoms. The number of halogens is 6. The fourth-order valence-electron chi connectivity index (χ4n) is 5.89. The second-order valence-corrected chi connectivity index (χ2v) is 11.8. The Morgan fingerprint density at radius 2 is 1.82 bits per heavy atom. The van der Waals surface area contributed by atoms with Gasteiger partial charge in [-0.1, -0.05) is 6.07 Å². The smallest absolute Gasteiger partial charge is 0.414 e. The maximum Gasteiger partial charge on any atom is 0.414 e. The van der Waals surface area contributed by atoms with Crippen molar-refractivity contribution in [3.8, 4) is 0 Å². The summed E-state index contributed by atoms with van der Waals surface area (Å²) in [6.45, 7) is -0.925. The average molecular weight is 629 g/mol. The van der Waals surface area contributed by atoms with Crippen molar-refractivity contribution in [3.63, 3.8) is 0 Å². The zero-order chi connectivity index (χ0) is 31.4. The van der Waals surface area contributed by atoms with Crippen molar-refractivity contribution >= 4 is 23.0 Å². The average Bonchev–Trinajstić information content (AvgIpc) is 3.84. The third kappa shape index (κ3) is 6.49. The van der Waals surface area contributed by atoms with Crippen LogP contribution in [0.3, 0.4) is 0 Å². The van der Waals surface area contributed by atoms with Gasteiger partial charge in [-0.3, -0.25) is 9.48 Å². The van der Waals surface area contributed by atoms with Gasteiger partial charge < -0.3 is 25.1 Å². The van der Waals surface area contributed by atoms with Gasteiger partial charge in [0, 0.05) is 25.7 Å². The number of urea groups is 1. The van der Waals surface area contributed by atoms with Gasteiger partial charge in [0.2, 0.25) is 5.89 Å². The summed E-state index contributed by atoms with van der Waals surface area (Å²) in [6, 6.07) is 2.82. The molecule has 44 heavy (non-hydrogen) atoms. The van der Waals surface area contributed by atoms with Gasteiger partial charge in [-0.25, -0.2) is 9.78 Å². The lowest BCUT2D eigenvalue weighted by Gasteiger charge is -2.26. The van der Waals surface area contributed by atoms with E-state index in [0.717, 1.165) is 35.3 Å². The number of hydrogen-bond donors (Lipinski definition) is 3. The number of fused-ring (bicyclic) bond motifs is 1. The maximum absolute atomic E-state index is 13.5. The van der Waals surface area contributed by atoms with E-state index in [1.54, 1.807) is 18.2 Å². The summed E-state index contributed by atoms with van der Waals surface area (Å²) in [6.07, 6.45) is -7.39. The fourth-order valence-corrected chi connectivity index (χ4v) is 5.89. The number of aliphatic hydroxyl groups is 1. The minimum Gasteiger partial charge on any atom is -0.438 e. The molecule has 3 aromatic rings. The Hall–Kier alpha value is -3.82. The Labute approximate surface area is 246 Å². The van der Waals surface area contributed by atoms with E-state index < -0.39 is 55.4 Å². The highest BCUT2D eigenvalue weighted by molar-refractivity contribution is 5.92. The van der Waals surface area contributed by atoms with Crippen LogP contribution in [0.5, 0.6) is 0 Å². The van der Waals surface area contributed by atoms with Gasteiger partial charge in [0.1, 0.15) is 23.3 Å². The lowest BCUT2D eigenvalue weighted by molar-refractivity contribution is -0.206. The number of aliphatic hydroxyl groups excluding tert-OH is 1. The van der Waals surface area contributed by atoms with Gasteiger partial charge >= 0.3 is 18.4 Å². The van der Waals surface area contributed by atoms with E-state index in [9.17, 15) is 41.0 Å². The fraction of sp³-hybridized carbons (Fsp3) is 0.571. The number of amides is 3. The summed E-state index contributed by atoms with van der Waals surface area (Å²) in [5, 5.41) is 18.3. The lowest BCUT2D eigenvalue weighted by atomic mass is 9.89. The quantitative estimate of drug-likeness (QED) is 0.265. The van der Waals surface area contributed by atoms with E-state index in [4.69, 9.17) is 4.42 Å². The van der Waals surface area contributed by atoms with Crippen molar-refractivity contribution in [2.75, 3.05) is 6.54 Å². The molecule has 3 aliphatic rings. The highest BCUT2D eigenvalue weighted by Gasteiger charge is 2.49. The number of aromatic nitrogens is 3. The minimum absolute atomic E-state index is 0.0162. The van der Waals surface area contributed by atoms with Crippen LogP contribution in [-0.2, 0) is 13.1 Å². The zero-order valence-electron chi connectivity index (χ0n) is 23.2. The summed E-state index contributed by atoms with van der Waals surface area (Å²) < 4.78 is 84.9. The number of carbonyl (C=O) groups excluding carboxylic acids is 2. The Kier molecular flexibility index (Phi) is 7.74.